The van der Waals surface area contributed by atoms with E-state index in [9.17, 15) is 29.7 Å². The molecule has 0 rings (SSSR count). The molecular weight excluding hydrogens is 491 g/mol. The Kier molecular flexibility index (Phi) is 30.4. The van der Waals surface area contributed by atoms with Crippen LogP contribution in [-0.4, -0.2) is 40.4 Å². The van der Waals surface area contributed by atoms with Crippen LogP contribution in [-0.2, 0) is 14.4 Å². The molecule has 0 saturated heterocycles. The summed E-state index contributed by atoms with van der Waals surface area (Å²) in [4.78, 5) is 28.5. The van der Waals surface area contributed by atoms with E-state index in [0.29, 0.717) is 0 Å². The maximum absolute atomic E-state index is 9.49. The number of carboxylic acid groups (broad SMARTS) is 3. The average Bonchev–Trinajstić information content (AvgIpc) is 2.63. The van der Waals surface area contributed by atoms with Crippen molar-refractivity contribution in [2.75, 3.05) is 0 Å². The van der Waals surface area contributed by atoms with Crippen LogP contribution in [0, 0.1) is 0 Å². The Hall–Kier alpha value is -1.57. The summed E-state index contributed by atoms with van der Waals surface area (Å²) in [5.41, 5.74) is 0.194. The van der Waals surface area contributed by atoms with Gasteiger partial charge in [-0.25, -0.2) is 0 Å². The second-order valence-electron chi connectivity index (χ2n) is 6.89. The predicted octanol–water partition coefficient (Wildman–Crippen LogP) is 2.04. The zero-order valence-electron chi connectivity index (χ0n) is 19.3. The molecule has 6 nitrogen and oxygen atoms in total. The summed E-state index contributed by atoms with van der Waals surface area (Å²) in [6, 6.07) is 0. The summed E-state index contributed by atoms with van der Waals surface area (Å²) in [5, 5.41) is 28.5. The van der Waals surface area contributed by atoms with E-state index < -0.39 is 17.9 Å². The molecule has 0 unspecified atom stereocenters. The molecule has 30 heavy (non-hydrogen) atoms. The normalized spacial score (nSPS) is 8.93. The van der Waals surface area contributed by atoms with Gasteiger partial charge in [0.2, 0.25) is 0 Å². The van der Waals surface area contributed by atoms with E-state index in [4.69, 9.17) is 0 Å². The molecule has 0 atom stereocenters. The molecule has 0 aliphatic rings. The van der Waals surface area contributed by atoms with Crippen molar-refractivity contribution >= 4 is 40.4 Å². The van der Waals surface area contributed by atoms with Gasteiger partial charge in [-0.1, -0.05) is 19.7 Å². The summed E-state index contributed by atoms with van der Waals surface area (Å²) in [6.45, 7) is 18.0. The number of carbonyl (C=O) groups is 3. The van der Waals surface area contributed by atoms with Gasteiger partial charge in [-0.2, -0.15) is 0 Å². The Morgan fingerprint density at radius 3 is 1.00 bits per heavy atom. The van der Waals surface area contributed by atoms with Crippen LogP contribution in [0.4, 0.5) is 0 Å². The van der Waals surface area contributed by atoms with E-state index in [1.807, 2.05) is 0 Å². The molecule has 0 aliphatic heterocycles. The fraction of sp³-hybridized carbons (Fsp3) is 0.609. The summed E-state index contributed by atoms with van der Waals surface area (Å²) in [5.74, 6) is -3.56. The maximum atomic E-state index is 9.49. The minimum absolute atomic E-state index is 0.0648. The molecule has 170 valence electrons. The van der Waals surface area contributed by atoms with Crippen LogP contribution in [0.5, 0.6) is 0 Å². The first-order valence-corrected chi connectivity index (χ1v) is 11.7. The van der Waals surface area contributed by atoms with Crippen LogP contribution in [0.3, 0.4) is 0 Å². The Balaban J connectivity index is -0.000000161. The third-order valence-corrected chi connectivity index (χ3v) is 5.01. The van der Waals surface area contributed by atoms with E-state index in [0.717, 1.165) is 3.93 Å². The molecule has 0 aromatic rings. The van der Waals surface area contributed by atoms with Crippen LogP contribution < -0.4 is 15.3 Å². The molecule has 0 amide bonds. The predicted molar refractivity (Wildman–Crippen MR) is 117 cm³/mol. The molecule has 7 heteroatoms. The minimum atomic E-state index is -1.19. The van der Waals surface area contributed by atoms with E-state index in [1.165, 1.54) is 72.1 Å². The van der Waals surface area contributed by atoms with Gasteiger partial charge in [0.1, 0.15) is 0 Å². The van der Waals surface area contributed by atoms with Gasteiger partial charge in [0.25, 0.3) is 0 Å². The zero-order valence-corrected chi connectivity index (χ0v) is 22.2. The van der Waals surface area contributed by atoms with E-state index >= 15 is 0 Å². The topological polar surface area (TPSA) is 120 Å². The molecule has 0 fully saturated rings. The molecule has 0 saturated carbocycles. The van der Waals surface area contributed by atoms with Gasteiger partial charge in [0, 0.05) is 0 Å². The zero-order chi connectivity index (χ0) is 24.7. The van der Waals surface area contributed by atoms with Crippen molar-refractivity contribution in [1.82, 2.24) is 0 Å². The fourth-order valence-electron chi connectivity index (χ4n) is 1.43. The molecule has 0 aromatic carbocycles. The number of hydrogen-bond donors (Lipinski definition) is 0. The third kappa shape index (κ3) is 40.9. The molecular formula is C23H38O6Sn. The first-order chi connectivity index (χ1) is 13.7. The Morgan fingerprint density at radius 1 is 0.667 bits per heavy atom. The molecule has 0 radical (unpaired) electrons. The van der Waals surface area contributed by atoms with Crippen molar-refractivity contribution < 1.29 is 29.7 Å². The van der Waals surface area contributed by atoms with Gasteiger partial charge in [-0.05, 0) is 37.5 Å². The third-order valence-electron chi connectivity index (χ3n) is 3.36. The first-order valence-electron chi connectivity index (χ1n) is 10.1. The molecule has 0 bridgehead atoms. The van der Waals surface area contributed by atoms with Crippen LogP contribution in [0.2, 0.25) is 3.93 Å². The van der Waals surface area contributed by atoms with E-state index in [2.05, 4.69) is 33.6 Å². The Bertz CT molecular complexity index is 423. The number of aliphatic carboxylic acids is 3. The quantitative estimate of drug-likeness (QED) is 0.230. The monoisotopic (exact) mass is 530 g/mol. The van der Waals surface area contributed by atoms with E-state index in [1.54, 1.807) is 22.5 Å². The van der Waals surface area contributed by atoms with Gasteiger partial charge in [-0.3, -0.25) is 0 Å². The van der Waals surface area contributed by atoms with Crippen LogP contribution in [0.1, 0.15) is 86.0 Å². The summed E-state index contributed by atoms with van der Waals surface area (Å²) >= 11 is 1.77. The van der Waals surface area contributed by atoms with Gasteiger partial charge >= 0.3 is 91.7 Å². The SMILES string of the molecule is C=C(C)C(=O)[O-].C=C(C)C(=O)[O-].C=C(C)C(=O)[O-].CCCCC[CH]([Sn+3])CCCCC. The van der Waals surface area contributed by atoms with Crippen molar-refractivity contribution in [3.05, 3.63) is 36.5 Å². The Morgan fingerprint density at radius 2 is 0.867 bits per heavy atom. The van der Waals surface area contributed by atoms with Gasteiger partial charge in [0.05, 0.1) is 17.9 Å². The van der Waals surface area contributed by atoms with Crippen molar-refractivity contribution in [2.45, 2.75) is 89.9 Å². The molecule has 0 aromatic heterocycles. The van der Waals surface area contributed by atoms with Gasteiger partial charge < -0.3 is 29.7 Å². The van der Waals surface area contributed by atoms with Crippen molar-refractivity contribution in [3.63, 3.8) is 0 Å². The number of rotatable bonds is 11. The number of unbranched alkanes of at least 4 members (excludes halogenated alkanes) is 4. The molecule has 0 spiro atoms. The average molecular weight is 529 g/mol. The Labute approximate surface area is 196 Å². The standard InChI is InChI=1S/C11H23.3C4H6O2.Sn/c1-3-5-7-9-11-10-8-6-4-2;3*1-3(2)4(5)6;/h11H,3-10H2,1-2H3;3*1H2,2H3,(H,5,6);/q;;;;+3/p-3. The van der Waals surface area contributed by atoms with E-state index in [-0.39, 0.29) is 16.7 Å². The van der Waals surface area contributed by atoms with Crippen LogP contribution >= 0.6 is 0 Å². The van der Waals surface area contributed by atoms with Crippen molar-refractivity contribution in [1.29, 1.82) is 0 Å². The fourth-order valence-corrected chi connectivity index (χ4v) is 2.59. The second-order valence-corrected chi connectivity index (χ2v) is 9.22. The molecule has 0 aliphatic carbocycles. The summed E-state index contributed by atoms with van der Waals surface area (Å²) in [7, 11) is 0. The summed E-state index contributed by atoms with van der Waals surface area (Å²) < 4.78 is 1.07. The van der Waals surface area contributed by atoms with Crippen molar-refractivity contribution in [3.8, 4) is 0 Å². The molecule has 0 N–H and O–H groups in total. The van der Waals surface area contributed by atoms with Crippen LogP contribution in [0.15, 0.2) is 36.5 Å². The number of carbonyl (C=O) groups excluding carboxylic acids is 3. The number of carboxylic acids is 3. The second kappa shape index (κ2) is 25.5. The number of hydrogen-bond acceptors (Lipinski definition) is 6. The summed E-state index contributed by atoms with van der Waals surface area (Å²) in [6.07, 6.45) is 11.6. The van der Waals surface area contributed by atoms with Gasteiger partial charge in [0.15, 0.2) is 0 Å². The van der Waals surface area contributed by atoms with Gasteiger partial charge in [-0.15, -0.1) is 0 Å². The molecule has 0 heterocycles. The first kappa shape index (κ1) is 35.8. The van der Waals surface area contributed by atoms with Crippen molar-refractivity contribution in [2.24, 2.45) is 0 Å². The van der Waals surface area contributed by atoms with Crippen LogP contribution in [0.25, 0.3) is 0 Å².